The van der Waals surface area contributed by atoms with Gasteiger partial charge in [-0.25, -0.2) is 8.78 Å². The zero-order chi connectivity index (χ0) is 14.7. The first-order valence-electron chi connectivity index (χ1n) is 6.07. The smallest absolute Gasteiger partial charge is 0.129 e. The maximum Gasteiger partial charge on any atom is 0.129 e. The van der Waals surface area contributed by atoms with E-state index < -0.39 is 0 Å². The third kappa shape index (κ3) is 3.65. The number of rotatable bonds is 4. The van der Waals surface area contributed by atoms with Crippen LogP contribution < -0.4 is 5.32 Å². The summed E-state index contributed by atoms with van der Waals surface area (Å²) >= 11 is 6.55. The largest absolute Gasteiger partial charge is 0.313 e. The molecule has 1 nitrogen and oxygen atoms in total. The average molecular weight is 405 g/mol. The first kappa shape index (κ1) is 15.6. The second-order valence-electron chi connectivity index (χ2n) is 4.45. The molecule has 1 unspecified atom stereocenters. The Labute approximate surface area is 133 Å². The van der Waals surface area contributed by atoms with Crippen molar-refractivity contribution in [1.29, 1.82) is 0 Å². The summed E-state index contributed by atoms with van der Waals surface area (Å²) in [5, 5.41) is 3.04. The van der Waals surface area contributed by atoms with Crippen molar-refractivity contribution in [3.05, 3.63) is 68.1 Å². The van der Waals surface area contributed by atoms with Crippen LogP contribution in [0.2, 0.25) is 0 Å². The van der Waals surface area contributed by atoms with Gasteiger partial charge in [0.05, 0.1) is 0 Å². The number of likely N-dealkylation sites (N-methyl/N-ethyl adjacent to an activating group) is 1. The van der Waals surface area contributed by atoms with Gasteiger partial charge in [0.2, 0.25) is 0 Å². The van der Waals surface area contributed by atoms with Crippen LogP contribution in [0.25, 0.3) is 0 Å². The highest BCUT2D eigenvalue weighted by molar-refractivity contribution is 9.10. The summed E-state index contributed by atoms with van der Waals surface area (Å²) in [7, 11) is 1.74. The Morgan fingerprint density at radius 2 is 1.65 bits per heavy atom. The number of hydrogen-bond donors (Lipinski definition) is 1. The van der Waals surface area contributed by atoms with Crippen molar-refractivity contribution in [2.24, 2.45) is 0 Å². The zero-order valence-electron chi connectivity index (χ0n) is 10.8. The van der Waals surface area contributed by atoms with Crippen molar-refractivity contribution in [2.45, 2.75) is 12.5 Å². The van der Waals surface area contributed by atoms with E-state index in [9.17, 15) is 8.78 Å². The Bertz CT molecular complexity index is 617. The quantitative estimate of drug-likeness (QED) is 0.756. The van der Waals surface area contributed by atoms with Gasteiger partial charge in [-0.05, 0) is 49.4 Å². The Morgan fingerprint density at radius 1 is 1.00 bits per heavy atom. The minimum atomic E-state index is -0.311. The molecule has 1 atom stereocenters. The van der Waals surface area contributed by atoms with Crippen molar-refractivity contribution < 1.29 is 8.78 Å². The van der Waals surface area contributed by atoms with E-state index in [1.807, 2.05) is 0 Å². The fraction of sp³-hybridized carbons (Fsp3) is 0.200. The van der Waals surface area contributed by atoms with Crippen LogP contribution in [0.3, 0.4) is 0 Å². The van der Waals surface area contributed by atoms with Gasteiger partial charge in [-0.1, -0.05) is 37.9 Å². The monoisotopic (exact) mass is 403 g/mol. The normalized spacial score (nSPS) is 12.4. The van der Waals surface area contributed by atoms with E-state index in [-0.39, 0.29) is 17.7 Å². The zero-order valence-corrected chi connectivity index (χ0v) is 13.9. The van der Waals surface area contributed by atoms with Crippen LogP contribution in [-0.4, -0.2) is 7.05 Å². The summed E-state index contributed by atoms with van der Waals surface area (Å²) in [5.74, 6) is -0.597. The second kappa shape index (κ2) is 6.78. The predicted molar refractivity (Wildman–Crippen MR) is 83.7 cm³/mol. The van der Waals surface area contributed by atoms with E-state index in [0.29, 0.717) is 22.0 Å². The highest BCUT2D eigenvalue weighted by atomic mass is 79.9. The molecule has 0 aliphatic carbocycles. The van der Waals surface area contributed by atoms with E-state index in [0.717, 1.165) is 4.47 Å². The van der Waals surface area contributed by atoms with Crippen molar-refractivity contribution in [1.82, 2.24) is 5.32 Å². The summed E-state index contributed by atoms with van der Waals surface area (Å²) in [5.41, 5.74) is 1.07. The van der Waals surface area contributed by atoms with E-state index in [1.165, 1.54) is 12.1 Å². The van der Waals surface area contributed by atoms with Gasteiger partial charge in [0.15, 0.2) is 0 Å². The molecule has 0 amide bonds. The SMILES string of the molecule is CNC(Cc1cc(Br)ccc1F)c1ccc(Br)cc1F. The van der Waals surface area contributed by atoms with Crippen molar-refractivity contribution >= 4 is 31.9 Å². The fourth-order valence-electron chi connectivity index (χ4n) is 2.07. The lowest BCUT2D eigenvalue weighted by Gasteiger charge is -2.18. The van der Waals surface area contributed by atoms with Gasteiger partial charge in [0, 0.05) is 20.6 Å². The molecule has 0 heterocycles. The molecular weight excluding hydrogens is 392 g/mol. The molecule has 0 saturated carbocycles. The van der Waals surface area contributed by atoms with Gasteiger partial charge < -0.3 is 5.32 Å². The van der Waals surface area contributed by atoms with Crippen LogP contribution in [-0.2, 0) is 6.42 Å². The maximum atomic E-state index is 14.0. The van der Waals surface area contributed by atoms with Crippen molar-refractivity contribution in [3.8, 4) is 0 Å². The Balaban J connectivity index is 2.31. The highest BCUT2D eigenvalue weighted by Gasteiger charge is 2.17. The second-order valence-corrected chi connectivity index (χ2v) is 6.28. The number of hydrogen-bond acceptors (Lipinski definition) is 1. The molecule has 0 fully saturated rings. The molecule has 0 saturated heterocycles. The van der Waals surface area contributed by atoms with Gasteiger partial charge in [-0.15, -0.1) is 0 Å². The van der Waals surface area contributed by atoms with Crippen molar-refractivity contribution in [2.75, 3.05) is 7.05 Å². The lowest BCUT2D eigenvalue weighted by Crippen LogP contribution is -2.20. The number of nitrogens with one attached hydrogen (secondary N) is 1. The van der Waals surface area contributed by atoms with Crippen LogP contribution in [0.1, 0.15) is 17.2 Å². The van der Waals surface area contributed by atoms with Crippen LogP contribution in [0, 0.1) is 11.6 Å². The lowest BCUT2D eigenvalue weighted by molar-refractivity contribution is 0.519. The molecule has 0 aliphatic heterocycles. The molecule has 20 heavy (non-hydrogen) atoms. The minimum absolute atomic E-state index is 0.285. The maximum absolute atomic E-state index is 14.0. The van der Waals surface area contributed by atoms with E-state index >= 15 is 0 Å². The third-order valence-corrected chi connectivity index (χ3v) is 4.10. The molecule has 5 heteroatoms. The van der Waals surface area contributed by atoms with Gasteiger partial charge in [0.1, 0.15) is 11.6 Å². The Hall–Kier alpha value is -0.780. The molecule has 2 rings (SSSR count). The number of benzene rings is 2. The van der Waals surface area contributed by atoms with Gasteiger partial charge in [-0.2, -0.15) is 0 Å². The van der Waals surface area contributed by atoms with E-state index in [2.05, 4.69) is 37.2 Å². The third-order valence-electron chi connectivity index (χ3n) is 3.12. The van der Waals surface area contributed by atoms with Crippen LogP contribution in [0.5, 0.6) is 0 Å². The molecular formula is C15H13Br2F2N. The predicted octanol–water partition coefficient (Wildman–Crippen LogP) is 4.99. The standard InChI is InChI=1S/C15H13Br2F2N/c1-20-15(12-4-2-11(17)8-14(12)19)7-9-6-10(16)3-5-13(9)18/h2-6,8,15,20H,7H2,1H3. The first-order valence-corrected chi connectivity index (χ1v) is 7.66. The summed E-state index contributed by atoms with van der Waals surface area (Å²) < 4.78 is 29.3. The molecule has 0 bridgehead atoms. The summed E-state index contributed by atoms with van der Waals surface area (Å²) in [4.78, 5) is 0. The summed E-state index contributed by atoms with van der Waals surface area (Å²) in [6, 6.07) is 9.38. The Morgan fingerprint density at radius 3 is 2.30 bits per heavy atom. The molecule has 0 aromatic heterocycles. The molecule has 106 valence electrons. The van der Waals surface area contributed by atoms with Gasteiger partial charge in [0.25, 0.3) is 0 Å². The highest BCUT2D eigenvalue weighted by Crippen LogP contribution is 2.26. The van der Waals surface area contributed by atoms with E-state index in [1.54, 1.807) is 31.3 Å². The van der Waals surface area contributed by atoms with Crippen LogP contribution in [0.4, 0.5) is 8.78 Å². The topological polar surface area (TPSA) is 12.0 Å². The average Bonchev–Trinajstić information content (AvgIpc) is 2.40. The van der Waals surface area contributed by atoms with Gasteiger partial charge >= 0.3 is 0 Å². The molecule has 2 aromatic rings. The van der Waals surface area contributed by atoms with Crippen LogP contribution >= 0.6 is 31.9 Å². The fourth-order valence-corrected chi connectivity index (χ4v) is 2.81. The molecule has 0 spiro atoms. The lowest BCUT2D eigenvalue weighted by atomic mass is 9.98. The van der Waals surface area contributed by atoms with Crippen LogP contribution in [0.15, 0.2) is 45.3 Å². The summed E-state index contributed by atoms with van der Waals surface area (Å²) in [6.45, 7) is 0. The molecule has 1 N–H and O–H groups in total. The first-order chi connectivity index (χ1) is 9.51. The van der Waals surface area contributed by atoms with Gasteiger partial charge in [-0.3, -0.25) is 0 Å². The van der Waals surface area contributed by atoms with E-state index in [4.69, 9.17) is 0 Å². The Kier molecular flexibility index (Phi) is 5.29. The summed E-state index contributed by atoms with van der Waals surface area (Å²) in [6.07, 6.45) is 0.375. The minimum Gasteiger partial charge on any atom is -0.313 e. The molecule has 0 aliphatic rings. The van der Waals surface area contributed by atoms with Crippen molar-refractivity contribution in [3.63, 3.8) is 0 Å². The molecule has 0 radical (unpaired) electrons. The number of halogens is 4. The molecule has 2 aromatic carbocycles.